The Morgan fingerprint density at radius 1 is 1.29 bits per heavy atom. The van der Waals surface area contributed by atoms with Gasteiger partial charge in [0.1, 0.15) is 0 Å². The van der Waals surface area contributed by atoms with E-state index in [1.54, 1.807) is 0 Å². The van der Waals surface area contributed by atoms with Crippen LogP contribution in [0.3, 0.4) is 0 Å². The number of rotatable bonds is 6. The maximum atomic E-state index is 12.1. The van der Waals surface area contributed by atoms with E-state index in [1.807, 2.05) is 11.8 Å². The van der Waals surface area contributed by atoms with Gasteiger partial charge in [0.25, 0.3) is 0 Å². The molecule has 2 fully saturated rings. The van der Waals surface area contributed by atoms with Crippen molar-refractivity contribution < 1.29 is 9.53 Å². The molecule has 1 amide bonds. The molecule has 2 heterocycles. The molecule has 3 rings (SSSR count). The van der Waals surface area contributed by atoms with Gasteiger partial charge in [-0.1, -0.05) is 18.2 Å². The Labute approximate surface area is 149 Å². The molecular formula is C19H28N2O2S. The van der Waals surface area contributed by atoms with Crippen molar-refractivity contribution in [2.24, 2.45) is 0 Å². The molecule has 2 saturated heterocycles. The summed E-state index contributed by atoms with van der Waals surface area (Å²) >= 11 is 2.00. The molecular weight excluding hydrogens is 320 g/mol. The molecule has 0 aliphatic carbocycles. The summed E-state index contributed by atoms with van der Waals surface area (Å²) in [6.45, 7) is 6.23. The van der Waals surface area contributed by atoms with Crippen molar-refractivity contribution in [2.75, 3.05) is 32.8 Å². The Morgan fingerprint density at radius 2 is 2.08 bits per heavy atom. The van der Waals surface area contributed by atoms with Crippen molar-refractivity contribution in [3.63, 3.8) is 0 Å². The maximum absolute atomic E-state index is 12.1. The molecule has 1 aromatic rings. The monoisotopic (exact) mass is 348 g/mol. The lowest BCUT2D eigenvalue weighted by molar-refractivity contribution is -0.122. The highest BCUT2D eigenvalue weighted by Gasteiger charge is 2.22. The number of nitrogens with zero attached hydrogens (tertiary/aromatic N) is 1. The molecule has 5 heteroatoms. The maximum Gasteiger partial charge on any atom is 0.234 e. The van der Waals surface area contributed by atoms with Crippen LogP contribution in [0.2, 0.25) is 0 Å². The minimum Gasteiger partial charge on any atom is -0.376 e. The van der Waals surface area contributed by atoms with Crippen LogP contribution in [0.1, 0.15) is 31.2 Å². The van der Waals surface area contributed by atoms with Gasteiger partial charge in [0.2, 0.25) is 5.91 Å². The van der Waals surface area contributed by atoms with E-state index in [4.69, 9.17) is 4.74 Å². The van der Waals surface area contributed by atoms with Gasteiger partial charge in [0.15, 0.2) is 0 Å². The zero-order valence-electron chi connectivity index (χ0n) is 14.5. The fourth-order valence-electron chi connectivity index (χ4n) is 3.35. The van der Waals surface area contributed by atoms with Gasteiger partial charge >= 0.3 is 0 Å². The molecule has 24 heavy (non-hydrogen) atoms. The van der Waals surface area contributed by atoms with Crippen LogP contribution >= 0.6 is 11.8 Å². The zero-order chi connectivity index (χ0) is 16.8. The fraction of sp³-hybridized carbons (Fsp3) is 0.632. The minimum atomic E-state index is 0.135. The second-order valence-corrected chi connectivity index (χ2v) is 8.14. The smallest absolute Gasteiger partial charge is 0.234 e. The molecule has 0 aromatic heterocycles. The van der Waals surface area contributed by atoms with Crippen molar-refractivity contribution in [1.29, 1.82) is 0 Å². The minimum absolute atomic E-state index is 0.135. The van der Waals surface area contributed by atoms with Gasteiger partial charge in [-0.05, 0) is 57.3 Å². The first-order valence-corrected chi connectivity index (χ1v) is 9.91. The standard InChI is InChI=1S/C19H28N2O2S/c1-15-5-2-3-7-18(15)24-17-8-10-21(11-9-17)14-19(22)20-13-16-6-4-12-23-16/h2-3,5,7,16-17H,4,6,8-14H2,1H3,(H,20,22). The van der Waals surface area contributed by atoms with E-state index in [-0.39, 0.29) is 12.0 Å². The molecule has 0 radical (unpaired) electrons. The molecule has 4 nitrogen and oxygen atoms in total. The summed E-state index contributed by atoms with van der Waals surface area (Å²) in [4.78, 5) is 15.7. The van der Waals surface area contributed by atoms with Gasteiger partial charge < -0.3 is 10.1 Å². The summed E-state index contributed by atoms with van der Waals surface area (Å²) in [5.41, 5.74) is 1.36. The number of nitrogens with one attached hydrogen (secondary N) is 1. The number of hydrogen-bond donors (Lipinski definition) is 1. The summed E-state index contributed by atoms with van der Waals surface area (Å²) in [7, 11) is 0. The normalized spacial score (nSPS) is 22.6. The summed E-state index contributed by atoms with van der Waals surface area (Å²) in [6.07, 6.45) is 4.72. The largest absolute Gasteiger partial charge is 0.376 e. The molecule has 1 N–H and O–H groups in total. The lowest BCUT2D eigenvalue weighted by atomic mass is 10.1. The van der Waals surface area contributed by atoms with Crippen LogP contribution in [-0.4, -0.2) is 54.9 Å². The van der Waals surface area contributed by atoms with E-state index in [1.165, 1.54) is 10.5 Å². The predicted molar refractivity (Wildman–Crippen MR) is 98.5 cm³/mol. The number of piperidine rings is 1. The second kappa shape index (κ2) is 8.88. The molecule has 1 atom stereocenters. The highest BCUT2D eigenvalue weighted by atomic mass is 32.2. The van der Waals surface area contributed by atoms with Gasteiger partial charge in [-0.3, -0.25) is 9.69 Å². The first kappa shape index (κ1) is 17.8. The fourth-order valence-corrected chi connectivity index (χ4v) is 4.56. The van der Waals surface area contributed by atoms with Gasteiger partial charge in [-0.25, -0.2) is 0 Å². The summed E-state index contributed by atoms with van der Waals surface area (Å²) in [6, 6.07) is 8.60. The number of likely N-dealkylation sites (tertiary alicyclic amines) is 1. The highest BCUT2D eigenvalue weighted by molar-refractivity contribution is 8.00. The molecule has 0 bridgehead atoms. The van der Waals surface area contributed by atoms with Crippen LogP contribution in [0, 0.1) is 6.92 Å². The van der Waals surface area contributed by atoms with Gasteiger partial charge in [0.05, 0.1) is 12.6 Å². The predicted octanol–water partition coefficient (Wildman–Crippen LogP) is 2.85. The van der Waals surface area contributed by atoms with Crippen LogP contribution in [0.15, 0.2) is 29.2 Å². The molecule has 1 unspecified atom stereocenters. The third-order valence-electron chi connectivity index (χ3n) is 4.84. The van der Waals surface area contributed by atoms with E-state index in [0.29, 0.717) is 18.3 Å². The topological polar surface area (TPSA) is 41.6 Å². The SMILES string of the molecule is Cc1ccccc1SC1CCN(CC(=O)NCC2CCCO2)CC1. The number of amides is 1. The quantitative estimate of drug-likeness (QED) is 0.858. The van der Waals surface area contributed by atoms with Crippen molar-refractivity contribution in [3.8, 4) is 0 Å². The average Bonchev–Trinajstić information content (AvgIpc) is 3.10. The van der Waals surface area contributed by atoms with Crippen LogP contribution in [0.25, 0.3) is 0 Å². The van der Waals surface area contributed by atoms with E-state index in [2.05, 4.69) is 41.4 Å². The van der Waals surface area contributed by atoms with Gasteiger partial charge in [-0.15, -0.1) is 11.8 Å². The molecule has 2 aliphatic rings. The Hall–Kier alpha value is -1.04. The van der Waals surface area contributed by atoms with Crippen LogP contribution in [0.4, 0.5) is 0 Å². The number of carbonyl (C=O) groups is 1. The molecule has 0 saturated carbocycles. The average molecular weight is 349 g/mol. The van der Waals surface area contributed by atoms with E-state index < -0.39 is 0 Å². The third kappa shape index (κ3) is 5.23. The third-order valence-corrected chi connectivity index (χ3v) is 6.36. The molecule has 132 valence electrons. The number of hydrogen-bond acceptors (Lipinski definition) is 4. The Balaban J connectivity index is 1.35. The number of ether oxygens (including phenoxy) is 1. The molecule has 2 aliphatic heterocycles. The van der Waals surface area contributed by atoms with Crippen molar-refractivity contribution in [2.45, 2.75) is 48.9 Å². The lowest BCUT2D eigenvalue weighted by Crippen LogP contribution is -2.43. The lowest BCUT2D eigenvalue weighted by Gasteiger charge is -2.31. The summed E-state index contributed by atoms with van der Waals surface area (Å²) < 4.78 is 5.54. The van der Waals surface area contributed by atoms with Crippen LogP contribution in [0.5, 0.6) is 0 Å². The van der Waals surface area contributed by atoms with Crippen molar-refractivity contribution >= 4 is 17.7 Å². The molecule has 1 aromatic carbocycles. The van der Waals surface area contributed by atoms with Gasteiger partial charge in [0, 0.05) is 23.3 Å². The van der Waals surface area contributed by atoms with Crippen molar-refractivity contribution in [1.82, 2.24) is 10.2 Å². The summed E-state index contributed by atoms with van der Waals surface area (Å²) in [5, 5.41) is 3.68. The molecule has 0 spiro atoms. The first-order chi connectivity index (χ1) is 11.7. The first-order valence-electron chi connectivity index (χ1n) is 9.03. The number of benzene rings is 1. The number of carbonyl (C=O) groups excluding carboxylic acids is 1. The number of thioether (sulfide) groups is 1. The van der Waals surface area contributed by atoms with E-state index in [9.17, 15) is 4.79 Å². The van der Waals surface area contributed by atoms with Crippen molar-refractivity contribution in [3.05, 3.63) is 29.8 Å². The Morgan fingerprint density at radius 3 is 2.79 bits per heavy atom. The Bertz CT molecular complexity index is 538. The van der Waals surface area contributed by atoms with Crippen LogP contribution < -0.4 is 5.32 Å². The second-order valence-electron chi connectivity index (χ2n) is 6.80. The Kier molecular flexibility index (Phi) is 6.58. The van der Waals surface area contributed by atoms with E-state index >= 15 is 0 Å². The zero-order valence-corrected chi connectivity index (χ0v) is 15.3. The summed E-state index contributed by atoms with van der Waals surface area (Å²) in [5.74, 6) is 0.135. The van der Waals surface area contributed by atoms with Gasteiger partial charge in [-0.2, -0.15) is 0 Å². The van der Waals surface area contributed by atoms with Crippen LogP contribution in [-0.2, 0) is 9.53 Å². The number of aryl methyl sites for hydroxylation is 1. The highest BCUT2D eigenvalue weighted by Crippen LogP contribution is 2.32. The van der Waals surface area contributed by atoms with E-state index in [0.717, 1.165) is 45.4 Å².